The van der Waals surface area contributed by atoms with Gasteiger partial charge in [0.2, 0.25) is 5.71 Å². The Hall–Kier alpha value is -12.3. The number of hydrogen-bond acceptors (Lipinski definition) is 26. The van der Waals surface area contributed by atoms with Crippen LogP contribution in [0.3, 0.4) is 0 Å². The minimum atomic E-state index is 0.399. The summed E-state index contributed by atoms with van der Waals surface area (Å²) >= 11 is 6.21. The van der Waals surface area contributed by atoms with Gasteiger partial charge in [-0.15, -0.1) is 34.0 Å². The Kier molecular flexibility index (Phi) is 27.6. The Bertz CT molecular complexity index is 4980. The van der Waals surface area contributed by atoms with Crippen LogP contribution in [0.1, 0.15) is 16.8 Å². The van der Waals surface area contributed by atoms with E-state index in [9.17, 15) is 0 Å². The fraction of sp³-hybridized carbons (Fsp3) is 0.0380. The van der Waals surface area contributed by atoms with Gasteiger partial charge >= 0.3 is 174 Å². The Labute approximate surface area is 645 Å². The molecule has 0 saturated carbocycles. The van der Waals surface area contributed by atoms with Crippen LogP contribution in [0.15, 0.2) is 323 Å². The van der Waals surface area contributed by atoms with Crippen molar-refractivity contribution in [3.05, 3.63) is 311 Å². The van der Waals surface area contributed by atoms with Gasteiger partial charge < -0.3 is 13.3 Å². The van der Waals surface area contributed by atoms with Crippen LogP contribution in [0, 0.1) is 0 Å². The smallest absolute Gasteiger partial charge is 0.246 e. The summed E-state index contributed by atoms with van der Waals surface area (Å²) in [5, 5.41) is 5.91. The summed E-state index contributed by atoms with van der Waals surface area (Å²) in [6.07, 6.45) is 26.8. The largest absolute Gasteiger partial charge is 0.442 e. The van der Waals surface area contributed by atoms with Crippen molar-refractivity contribution in [2.75, 3.05) is 0 Å². The Balaban J connectivity index is 0.000000104. The summed E-state index contributed by atoms with van der Waals surface area (Å²) in [6, 6.07) is 63.2. The number of nitrogens with zero attached hydrogens (tertiary/aromatic N) is 20. The summed E-state index contributed by atoms with van der Waals surface area (Å²) in [5.41, 5.74) is 21.9. The van der Waals surface area contributed by atoms with Crippen molar-refractivity contribution in [2.45, 2.75) is 19.3 Å². The number of benzene rings is 4. The number of aliphatic imine (C=N–C) groups is 3. The Morgan fingerprint density at radius 1 is 0.296 bits per heavy atom. The molecule has 17 aromatic heterocycles. The maximum absolute atomic E-state index is 5.01. The van der Waals surface area contributed by atoms with E-state index in [0.717, 1.165) is 112 Å². The van der Waals surface area contributed by atoms with Crippen molar-refractivity contribution in [1.82, 2.24) is 84.7 Å². The van der Waals surface area contributed by atoms with Gasteiger partial charge in [-0.05, 0) is 103 Å². The zero-order valence-corrected chi connectivity index (χ0v) is 64.4. The summed E-state index contributed by atoms with van der Waals surface area (Å²) in [4.78, 5) is 82.1. The van der Waals surface area contributed by atoms with Crippen LogP contribution in [0.5, 0.6) is 0 Å². The first-order valence-corrected chi connectivity index (χ1v) is 41.0. The molecular formula is C79H58N20O3S3Se3. The first-order chi connectivity index (χ1) is 53.6. The molecule has 23 nitrogen and oxygen atoms in total. The maximum atomic E-state index is 5.01. The van der Waals surface area contributed by atoms with Crippen LogP contribution in [-0.4, -0.2) is 147 Å². The molecule has 0 aliphatic carbocycles. The summed E-state index contributed by atoms with van der Waals surface area (Å²) in [5.74, 6) is 0.887. The van der Waals surface area contributed by atoms with Crippen LogP contribution in [0.25, 0.3) is 94.1 Å². The molecule has 0 unspecified atom stereocenters. The molecule has 20 heterocycles. The van der Waals surface area contributed by atoms with Gasteiger partial charge in [0.1, 0.15) is 15.9 Å². The quantitative estimate of drug-likeness (QED) is 0.127. The van der Waals surface area contributed by atoms with E-state index in [1.54, 1.807) is 88.4 Å². The molecule has 0 radical (unpaired) electrons. The third-order valence-electron chi connectivity index (χ3n) is 14.7. The third-order valence-corrected chi connectivity index (χ3v) is 21.9. The van der Waals surface area contributed by atoms with Crippen LogP contribution in [0.4, 0.5) is 17.2 Å². The van der Waals surface area contributed by atoms with E-state index in [2.05, 4.69) is 142 Å². The summed E-state index contributed by atoms with van der Waals surface area (Å²) < 4.78 is 21.1. The van der Waals surface area contributed by atoms with Gasteiger partial charge in [0.15, 0.2) is 47.5 Å². The number of fused-ring (bicyclic) bond motifs is 12. The van der Waals surface area contributed by atoms with Gasteiger partial charge in [-0.25, -0.2) is 54.8 Å². The van der Waals surface area contributed by atoms with Crippen LogP contribution in [0.2, 0.25) is 0 Å². The Morgan fingerprint density at radius 3 is 1.68 bits per heavy atom. The van der Waals surface area contributed by atoms with Crippen molar-refractivity contribution >= 4 is 207 Å². The fourth-order valence-electron chi connectivity index (χ4n) is 9.56. The molecule has 3 aliphatic heterocycles. The van der Waals surface area contributed by atoms with Crippen molar-refractivity contribution in [1.29, 1.82) is 0 Å². The topological polar surface area (TPSA) is 296 Å². The molecule has 29 heteroatoms. The molecule has 528 valence electrons. The average molecular weight is 1670 g/mol. The van der Waals surface area contributed by atoms with Gasteiger partial charge in [0.05, 0.1) is 54.0 Å². The standard InChI is InChI=1S/C8H7N.2C7H6N2.C7H5NO.C7H5NS.C7H5NSe.2C6H4N2O.2C6H4N2S.2C6H4N2Se/c1-2-4-8-7(3-1)5-6-9-8;1-2-6-7(8-4-1)3-5-9-6;1-2-6-3-5-9-7(6)8-4-1;3*1-2-4-7-6(3-1)8-5-9-7;1-2-5-6(7-3-1)8-4-9-5;1-2-5-6(7-3-1)9-4-8-5;1-2-5-6(7-3-1)8-4-9-5;1-2-5-6(7-3-1)9-4-8-5;1-2-5-6(7-3-1)8-4-9-5;1-2-5-6(7-3-1)9-4-8-5/h1-4,6H,5H2;2*1-2,4-5H,3H2;3*1-5H;6*1-4H. The number of pyridine rings is 8. The molecule has 108 heavy (non-hydrogen) atoms. The number of aromatic nitrogens is 17. The normalized spacial score (nSPS) is 11.1. The van der Waals surface area contributed by atoms with E-state index in [1.807, 2.05) is 197 Å². The van der Waals surface area contributed by atoms with Crippen molar-refractivity contribution in [2.24, 2.45) is 15.0 Å². The van der Waals surface area contributed by atoms with E-state index >= 15 is 0 Å². The molecule has 0 amide bonds. The minimum Gasteiger partial charge on any atom is -0.442 e. The van der Waals surface area contributed by atoms with E-state index in [4.69, 9.17) is 13.3 Å². The number of thiazole rings is 3. The fourth-order valence-corrected chi connectivity index (χ4v) is 15.6. The van der Waals surface area contributed by atoms with Gasteiger partial charge in [-0.1, -0.05) is 48.5 Å². The second-order valence-electron chi connectivity index (χ2n) is 21.7. The van der Waals surface area contributed by atoms with Crippen molar-refractivity contribution in [3.63, 3.8) is 0 Å². The molecule has 0 N–H and O–H groups in total. The first-order valence-electron chi connectivity index (χ1n) is 32.8. The molecule has 24 rings (SSSR count). The summed E-state index contributed by atoms with van der Waals surface area (Å²) in [6.45, 7) is 0. The molecule has 0 bridgehead atoms. The van der Waals surface area contributed by atoms with Crippen molar-refractivity contribution in [3.8, 4) is 0 Å². The zero-order valence-electron chi connectivity index (χ0n) is 56.8. The molecular weight excluding hydrogens is 1610 g/mol. The second-order valence-corrected chi connectivity index (χ2v) is 29.7. The number of oxazole rings is 3. The maximum Gasteiger partial charge on any atom is 0.246 e. The molecule has 4 aromatic carbocycles. The average Bonchev–Trinajstić information content (AvgIpc) is 3.89. The number of rotatable bonds is 0. The predicted octanol–water partition coefficient (Wildman–Crippen LogP) is 17.2. The first kappa shape index (κ1) is 74.0. The van der Waals surface area contributed by atoms with Crippen LogP contribution >= 0.6 is 34.0 Å². The molecule has 0 spiro atoms. The molecule has 0 fully saturated rings. The van der Waals surface area contributed by atoms with E-state index in [0.29, 0.717) is 54.9 Å². The van der Waals surface area contributed by atoms with Crippen LogP contribution < -0.4 is 0 Å². The number of hydrogen-bond donors (Lipinski definition) is 0. The van der Waals surface area contributed by atoms with Crippen molar-refractivity contribution < 1.29 is 13.3 Å². The monoisotopic (exact) mass is 1670 g/mol. The van der Waals surface area contributed by atoms with Gasteiger partial charge in [0, 0.05) is 80.7 Å². The van der Waals surface area contributed by atoms with Gasteiger partial charge in [-0.2, -0.15) is 4.98 Å². The van der Waals surface area contributed by atoms with E-state index in [-0.39, 0.29) is 0 Å². The molecule has 21 aromatic rings. The van der Waals surface area contributed by atoms with Gasteiger partial charge in [-0.3, -0.25) is 15.0 Å². The third kappa shape index (κ3) is 21.9. The SMILES string of the molecule is C1=Nc2ccccc2C1.C1=Nc2cccnc2C1.C1=Nc2ncccc2C1.c1ccc2[se]cnc2c1.c1ccc2ocnc2c1.c1ccc2scnc2c1.c1cnc2[se]cnc2c1.c1cnc2nc[se]c2c1.c1cnc2ncoc2c1.c1cnc2ncsc2c1.c1cnc2ocnc2c1.c1cnc2scnc2c1. The summed E-state index contributed by atoms with van der Waals surface area (Å²) in [7, 11) is 0. The van der Waals surface area contributed by atoms with Crippen LogP contribution in [-0.2, 0) is 19.3 Å². The minimum absolute atomic E-state index is 0.399. The van der Waals surface area contributed by atoms with E-state index < -0.39 is 0 Å². The van der Waals surface area contributed by atoms with Gasteiger partial charge in [0.25, 0.3) is 0 Å². The molecule has 0 atom stereocenters. The number of para-hydroxylation sites is 5. The molecule has 3 aliphatic rings. The Morgan fingerprint density at radius 2 is 0.843 bits per heavy atom. The zero-order chi connectivity index (χ0) is 73.3. The predicted molar refractivity (Wildman–Crippen MR) is 434 cm³/mol. The second kappa shape index (κ2) is 40.3. The van der Waals surface area contributed by atoms with E-state index in [1.165, 1.54) is 43.5 Å². The molecule has 0 saturated heterocycles.